The average molecular weight is 89.1 g/mol. The molecule has 4 nitrogen and oxygen atoms in total. The topological polar surface area (TPSA) is 69.0 Å². The smallest absolute Gasteiger partial charge is 0.210 e. The minimum atomic E-state index is 0.171. The van der Waals surface area contributed by atoms with Gasteiger partial charge >= 0.3 is 0 Å². The maximum Gasteiger partial charge on any atom is 0.210 e. The molecule has 0 rings (SSSR count). The molecule has 0 bridgehead atoms. The Hall–Kier alpha value is -0.730. The lowest BCUT2D eigenvalue weighted by molar-refractivity contribution is 0.306. The Labute approximate surface area is 36.5 Å². The van der Waals surface area contributed by atoms with Gasteiger partial charge in [0.1, 0.15) is 0 Å². The van der Waals surface area contributed by atoms with Crippen LogP contribution in [0.15, 0.2) is 5.11 Å². The molecule has 0 aromatic heterocycles. The van der Waals surface area contributed by atoms with Gasteiger partial charge in [0.25, 0.3) is 0 Å². The summed E-state index contributed by atoms with van der Waals surface area (Å²) in [6.07, 6.45) is 0. The molecule has 0 amide bonds. The van der Waals surface area contributed by atoms with Gasteiger partial charge in [-0.15, -0.1) is 0 Å². The molecule has 0 radical (unpaired) electrons. The van der Waals surface area contributed by atoms with Crippen molar-refractivity contribution in [1.29, 1.82) is 1.43 Å². The van der Waals surface area contributed by atoms with Crippen LogP contribution < -0.4 is 0 Å². The minimum absolute atomic E-state index is 0.171. The van der Waals surface area contributed by atoms with E-state index in [0.29, 0.717) is 0 Å². The highest BCUT2D eigenvalue weighted by Gasteiger charge is 1.66. The summed E-state index contributed by atoms with van der Waals surface area (Å²) >= 11 is 0. The van der Waals surface area contributed by atoms with Crippen LogP contribution in [0.2, 0.25) is 0 Å². The number of hydrogen-bond donors (Lipinski definition) is 1. The molecule has 0 aromatic rings. The molecular weight excluding hydrogens is 82.0 g/mol. The van der Waals surface area contributed by atoms with Crippen LogP contribution in [0.5, 0.6) is 0 Å². The predicted molar refractivity (Wildman–Crippen MR) is 21.1 cm³/mol. The molecule has 0 atom stereocenters. The van der Waals surface area contributed by atoms with Crippen LogP contribution in [0.1, 0.15) is 0 Å². The van der Waals surface area contributed by atoms with Gasteiger partial charge in [-0.2, -0.15) is 0 Å². The summed E-state index contributed by atoms with van der Waals surface area (Å²) in [6, 6.07) is 0. The minimum Gasteiger partial charge on any atom is -0.396 e. The first kappa shape index (κ1) is 3.46. The lowest BCUT2D eigenvalue weighted by atomic mass is 10.8. The molecule has 0 aliphatic heterocycles. The molecule has 0 spiro atoms. The van der Waals surface area contributed by atoms with Crippen molar-refractivity contribution in [1.82, 2.24) is 0 Å². The monoisotopic (exact) mass is 89.1 g/mol. The standard InChI is InChI=1S/C2H5N3O/c3-5-4-1-2-6/h6H,1-2H2/i6T. The Morgan fingerprint density at radius 2 is 3.00 bits per heavy atom. The zero-order valence-corrected chi connectivity index (χ0v) is 3.16. The van der Waals surface area contributed by atoms with Crippen molar-refractivity contribution in [3.63, 3.8) is 0 Å². The molecule has 0 fully saturated rings. The van der Waals surface area contributed by atoms with E-state index in [1.54, 1.807) is 0 Å². The van der Waals surface area contributed by atoms with E-state index in [9.17, 15) is 0 Å². The largest absolute Gasteiger partial charge is 0.396 e. The van der Waals surface area contributed by atoms with E-state index in [4.69, 9.17) is 6.96 Å². The maximum atomic E-state index is 7.63. The zero-order chi connectivity index (χ0) is 5.54. The van der Waals surface area contributed by atoms with Crippen molar-refractivity contribution < 1.29 is 5.11 Å². The van der Waals surface area contributed by atoms with Crippen LogP contribution in [0, 0.1) is 0 Å². The molecule has 1 N–H and O–H groups in total. The van der Waals surface area contributed by atoms with Crippen LogP contribution in [0.4, 0.5) is 0 Å². The van der Waals surface area contributed by atoms with Crippen molar-refractivity contribution >= 4 is 0 Å². The Bertz CT molecular complexity index is 79.0. The first-order valence-corrected chi connectivity index (χ1v) is 1.50. The van der Waals surface area contributed by atoms with Crippen molar-refractivity contribution in [2.24, 2.45) is 5.11 Å². The molecular formula is C2H5N3O. The second-order valence-corrected chi connectivity index (χ2v) is 0.659. The summed E-state index contributed by atoms with van der Waals surface area (Å²) < 4.78 is 6.10. The first-order chi connectivity index (χ1) is 3.41. The number of aliphatic hydroxyl groups is 1. The average Bonchev–Trinajstić information content (AvgIpc) is 1.69. The Morgan fingerprint density at radius 1 is 2.17 bits per heavy atom. The van der Waals surface area contributed by atoms with E-state index < -0.39 is 0 Å². The van der Waals surface area contributed by atoms with E-state index in [1.807, 2.05) is 0 Å². The van der Waals surface area contributed by atoms with Crippen LogP contribution in [0.3, 0.4) is 0 Å². The lowest BCUT2D eigenvalue weighted by Crippen LogP contribution is -1.82. The van der Waals surface area contributed by atoms with Crippen LogP contribution >= 0.6 is 0 Å². The normalized spacial score (nSPS) is 9.00. The predicted octanol–water partition coefficient (Wildman–Crippen LogP) is 0.289. The number of rotatable bonds is 3. The van der Waals surface area contributed by atoms with Gasteiger partial charge in [0, 0.05) is 18.1 Å². The highest BCUT2D eigenvalue weighted by atomic mass is 16.3. The third-order valence-corrected chi connectivity index (χ3v) is 0.255. The summed E-state index contributed by atoms with van der Waals surface area (Å²) in [5.41, 5.74) is 7.63. The Balaban J connectivity index is 2.83. The lowest BCUT2D eigenvalue weighted by Gasteiger charge is -1.72. The third-order valence-electron chi connectivity index (χ3n) is 0.255. The number of nitrogens with zero attached hydrogens (tertiary/aromatic N) is 3. The van der Waals surface area contributed by atoms with Crippen molar-refractivity contribution in [3.8, 4) is 0 Å². The fourth-order valence-corrected chi connectivity index (χ4v) is 0.0855. The maximum absolute atomic E-state index is 7.63. The Morgan fingerprint density at radius 3 is 3.50 bits per heavy atom. The molecule has 0 saturated carbocycles. The molecule has 34 valence electrons. The SMILES string of the molecule is [3H]OCCN=[N+]=[N-]. The van der Waals surface area contributed by atoms with Gasteiger partial charge < -0.3 is 5.11 Å². The van der Waals surface area contributed by atoms with E-state index in [-0.39, 0.29) is 13.2 Å². The molecule has 0 unspecified atom stereocenters. The second-order valence-electron chi connectivity index (χ2n) is 0.659. The fraction of sp³-hybridized carbons (Fsp3) is 1.00. The number of azide groups is 1. The summed E-state index contributed by atoms with van der Waals surface area (Å²) in [5, 5.41) is 6.93. The molecule has 6 heavy (non-hydrogen) atoms. The van der Waals surface area contributed by atoms with Crippen molar-refractivity contribution in [2.45, 2.75) is 0 Å². The van der Waals surface area contributed by atoms with E-state index in [0.717, 1.165) is 0 Å². The quantitative estimate of drug-likeness (QED) is 0.229. The van der Waals surface area contributed by atoms with Gasteiger partial charge in [-0.3, -0.25) is 0 Å². The number of aliphatic hydroxyl groups excluding tert-OH is 1. The van der Waals surface area contributed by atoms with Crippen molar-refractivity contribution in [2.75, 3.05) is 13.2 Å². The van der Waals surface area contributed by atoms with Gasteiger partial charge in [-0.05, 0) is 5.53 Å². The van der Waals surface area contributed by atoms with Crippen molar-refractivity contribution in [3.05, 3.63) is 10.4 Å². The first-order valence-electron chi connectivity index (χ1n) is 1.91. The number of hydrogen-bond acceptors (Lipinski definition) is 2. The van der Waals surface area contributed by atoms with E-state index in [2.05, 4.69) is 15.1 Å². The highest BCUT2D eigenvalue weighted by Crippen LogP contribution is 1.63. The highest BCUT2D eigenvalue weighted by molar-refractivity contribution is 4.40. The summed E-state index contributed by atoms with van der Waals surface area (Å²) in [5.74, 6) is 0. The van der Waals surface area contributed by atoms with E-state index in [1.165, 1.54) is 0 Å². The molecule has 0 aliphatic carbocycles. The Kier molecular flexibility index (Phi) is 2.46. The second kappa shape index (κ2) is 4.27. The van der Waals surface area contributed by atoms with Gasteiger partial charge in [-0.25, -0.2) is 0 Å². The molecule has 4 heteroatoms. The van der Waals surface area contributed by atoms with Crippen LogP contribution in [-0.4, -0.2) is 19.7 Å². The van der Waals surface area contributed by atoms with Crippen LogP contribution in [-0.2, 0) is 0 Å². The zero-order valence-electron chi connectivity index (χ0n) is 4.16. The van der Waals surface area contributed by atoms with E-state index >= 15 is 0 Å². The van der Waals surface area contributed by atoms with Gasteiger partial charge in [0.15, 0.2) is 0 Å². The molecule has 0 heterocycles. The molecule has 0 aromatic carbocycles. The summed E-state index contributed by atoms with van der Waals surface area (Å²) in [4.78, 5) is 2.43. The molecule has 0 saturated heterocycles. The van der Waals surface area contributed by atoms with Crippen LogP contribution in [0.25, 0.3) is 10.4 Å². The summed E-state index contributed by atoms with van der Waals surface area (Å²) in [7, 11) is 0. The van der Waals surface area contributed by atoms with Gasteiger partial charge in [-0.1, -0.05) is 5.11 Å². The molecule has 0 aliphatic rings. The fourth-order valence-electron chi connectivity index (χ4n) is 0.0855. The third kappa shape index (κ3) is 3.27. The van der Waals surface area contributed by atoms with Gasteiger partial charge in [0.05, 0.1) is 0 Å². The summed E-state index contributed by atoms with van der Waals surface area (Å²) in [6.45, 7) is 0.407. The van der Waals surface area contributed by atoms with Gasteiger partial charge in [0.2, 0.25) is 1.43 Å².